The van der Waals surface area contributed by atoms with Gasteiger partial charge >= 0.3 is 0 Å². The molecule has 10 heteroatoms. The van der Waals surface area contributed by atoms with Crippen LogP contribution in [0.3, 0.4) is 0 Å². The topological polar surface area (TPSA) is 110 Å². The molecule has 8 nitrogen and oxygen atoms in total. The molecule has 1 amide bonds. The molecule has 0 spiro atoms. The number of nitrogens with zero attached hydrogens (tertiary/aromatic N) is 2. The molecule has 3 rings (SSSR count). The molecule has 0 aliphatic carbocycles. The number of amides is 1. The third-order valence-corrected chi connectivity index (χ3v) is 7.39. The zero-order valence-corrected chi connectivity index (χ0v) is 17.2. The Labute approximate surface area is 173 Å². The number of hydrogen-bond acceptors (Lipinski definition) is 6. The number of piperidine rings is 1. The number of rotatable bonds is 7. The highest BCUT2D eigenvalue weighted by Gasteiger charge is 2.26. The van der Waals surface area contributed by atoms with Gasteiger partial charge in [-0.3, -0.25) is 14.9 Å². The number of nitrogens with one attached hydrogen (secondary N) is 1. The maximum atomic E-state index is 12.8. The second kappa shape index (κ2) is 9.38. The van der Waals surface area contributed by atoms with E-state index in [1.54, 1.807) is 24.3 Å². The molecule has 0 saturated carbocycles. The summed E-state index contributed by atoms with van der Waals surface area (Å²) in [6.07, 6.45) is 2.75. The first-order valence-corrected chi connectivity index (χ1v) is 11.6. The van der Waals surface area contributed by atoms with Gasteiger partial charge in [0.05, 0.1) is 15.6 Å². The van der Waals surface area contributed by atoms with Crippen LogP contribution in [0, 0.1) is 10.1 Å². The SMILES string of the molecule is O=C(CSc1ccc([N+](=O)[O-])cc1)Nc1cccc(S(=O)(=O)N2CCCCC2)c1. The van der Waals surface area contributed by atoms with Crippen molar-refractivity contribution in [2.75, 3.05) is 24.2 Å². The van der Waals surface area contributed by atoms with Gasteiger partial charge in [0.1, 0.15) is 0 Å². The van der Waals surface area contributed by atoms with Gasteiger partial charge in [0.25, 0.3) is 5.69 Å². The number of nitro benzene ring substituents is 1. The molecule has 29 heavy (non-hydrogen) atoms. The predicted octanol–water partition coefficient (Wildman–Crippen LogP) is 3.50. The smallest absolute Gasteiger partial charge is 0.269 e. The Kier molecular flexibility index (Phi) is 6.88. The Morgan fingerprint density at radius 3 is 2.45 bits per heavy atom. The van der Waals surface area contributed by atoms with Gasteiger partial charge in [0.15, 0.2) is 0 Å². The molecular weight excluding hydrogens is 414 g/mol. The first-order valence-electron chi connectivity index (χ1n) is 9.13. The minimum Gasteiger partial charge on any atom is -0.325 e. The summed E-state index contributed by atoms with van der Waals surface area (Å²) in [7, 11) is -3.56. The Morgan fingerprint density at radius 1 is 1.10 bits per heavy atom. The van der Waals surface area contributed by atoms with Crippen molar-refractivity contribution < 1.29 is 18.1 Å². The fourth-order valence-corrected chi connectivity index (χ4v) is 5.26. The van der Waals surface area contributed by atoms with Crippen molar-refractivity contribution in [1.29, 1.82) is 0 Å². The first kappa shape index (κ1) is 21.3. The number of carbonyl (C=O) groups excluding carboxylic acids is 1. The van der Waals surface area contributed by atoms with Crippen LogP contribution in [0.1, 0.15) is 19.3 Å². The fraction of sp³-hybridized carbons (Fsp3) is 0.316. The highest BCUT2D eigenvalue weighted by atomic mass is 32.2. The predicted molar refractivity (Wildman–Crippen MR) is 112 cm³/mol. The maximum absolute atomic E-state index is 12.8. The lowest BCUT2D eigenvalue weighted by Gasteiger charge is -2.26. The van der Waals surface area contributed by atoms with Gasteiger partial charge < -0.3 is 5.32 Å². The summed E-state index contributed by atoms with van der Waals surface area (Å²) in [6.45, 7) is 1.04. The lowest BCUT2D eigenvalue weighted by atomic mass is 10.2. The van der Waals surface area contributed by atoms with Gasteiger partial charge in [-0.1, -0.05) is 12.5 Å². The molecule has 0 atom stereocenters. The summed E-state index contributed by atoms with van der Waals surface area (Å²) in [5, 5.41) is 13.4. The van der Waals surface area contributed by atoms with E-state index in [9.17, 15) is 23.3 Å². The molecule has 1 N–H and O–H groups in total. The standard InChI is InChI=1S/C19H21N3O5S2/c23-19(14-28-17-9-7-16(8-10-17)22(24)25)20-15-5-4-6-18(13-15)29(26,27)21-11-2-1-3-12-21/h4-10,13H,1-3,11-12,14H2,(H,20,23). The third kappa shape index (κ3) is 5.55. The lowest BCUT2D eigenvalue weighted by molar-refractivity contribution is -0.384. The lowest BCUT2D eigenvalue weighted by Crippen LogP contribution is -2.35. The first-order chi connectivity index (χ1) is 13.9. The van der Waals surface area contributed by atoms with E-state index in [2.05, 4.69) is 5.32 Å². The van der Waals surface area contributed by atoms with Crippen molar-refractivity contribution in [2.24, 2.45) is 0 Å². The van der Waals surface area contributed by atoms with Gasteiger partial charge in [-0.15, -0.1) is 11.8 Å². The number of non-ortho nitro benzene ring substituents is 1. The van der Waals surface area contributed by atoms with Crippen molar-refractivity contribution in [3.8, 4) is 0 Å². The van der Waals surface area contributed by atoms with E-state index in [0.717, 1.165) is 24.2 Å². The van der Waals surface area contributed by atoms with E-state index in [1.165, 1.54) is 40.3 Å². The Morgan fingerprint density at radius 2 is 1.79 bits per heavy atom. The average molecular weight is 436 g/mol. The van der Waals surface area contributed by atoms with Crippen LogP contribution in [0.2, 0.25) is 0 Å². The van der Waals surface area contributed by atoms with Gasteiger partial charge in [-0.05, 0) is 43.2 Å². The Hall–Kier alpha value is -2.43. The highest BCUT2D eigenvalue weighted by molar-refractivity contribution is 8.00. The van der Waals surface area contributed by atoms with Crippen molar-refractivity contribution in [1.82, 2.24) is 4.31 Å². The van der Waals surface area contributed by atoms with Gasteiger partial charge in [-0.2, -0.15) is 4.31 Å². The van der Waals surface area contributed by atoms with Crippen LogP contribution in [0.4, 0.5) is 11.4 Å². The largest absolute Gasteiger partial charge is 0.325 e. The molecule has 1 aliphatic heterocycles. The maximum Gasteiger partial charge on any atom is 0.269 e. The molecule has 1 aliphatic rings. The third-order valence-electron chi connectivity index (χ3n) is 4.49. The van der Waals surface area contributed by atoms with Crippen molar-refractivity contribution in [3.63, 3.8) is 0 Å². The Balaban J connectivity index is 1.60. The molecule has 0 unspecified atom stereocenters. The van der Waals surface area contributed by atoms with E-state index in [-0.39, 0.29) is 22.2 Å². The van der Waals surface area contributed by atoms with E-state index < -0.39 is 14.9 Å². The zero-order valence-electron chi connectivity index (χ0n) is 15.6. The quantitative estimate of drug-likeness (QED) is 0.405. The van der Waals surface area contributed by atoms with Crippen LogP contribution < -0.4 is 5.32 Å². The van der Waals surface area contributed by atoms with E-state index in [1.807, 2.05) is 0 Å². The number of thioether (sulfide) groups is 1. The molecule has 154 valence electrons. The minimum atomic E-state index is -3.56. The second-order valence-electron chi connectivity index (χ2n) is 6.58. The second-order valence-corrected chi connectivity index (χ2v) is 9.57. The molecule has 0 radical (unpaired) electrons. The van der Waals surface area contributed by atoms with Gasteiger partial charge in [0.2, 0.25) is 15.9 Å². The summed E-state index contributed by atoms with van der Waals surface area (Å²) in [5.41, 5.74) is 0.405. The van der Waals surface area contributed by atoms with Gasteiger partial charge in [0, 0.05) is 35.8 Å². The molecular formula is C19H21N3O5S2. The van der Waals surface area contributed by atoms with Crippen LogP contribution in [0.15, 0.2) is 58.3 Å². The Bertz CT molecular complexity index is 987. The molecule has 2 aromatic carbocycles. The van der Waals surface area contributed by atoms with Crippen LogP contribution in [0.5, 0.6) is 0 Å². The van der Waals surface area contributed by atoms with Gasteiger partial charge in [-0.25, -0.2) is 8.42 Å². The molecule has 1 saturated heterocycles. The summed E-state index contributed by atoms with van der Waals surface area (Å²) in [4.78, 5) is 23.3. The van der Waals surface area contributed by atoms with Crippen LogP contribution in [0.25, 0.3) is 0 Å². The van der Waals surface area contributed by atoms with E-state index >= 15 is 0 Å². The molecule has 0 bridgehead atoms. The zero-order chi connectivity index (χ0) is 20.9. The summed E-state index contributed by atoms with van der Waals surface area (Å²) >= 11 is 1.24. The number of sulfonamides is 1. The number of benzene rings is 2. The van der Waals surface area contributed by atoms with Crippen molar-refractivity contribution in [3.05, 3.63) is 58.6 Å². The number of carbonyl (C=O) groups is 1. The summed E-state index contributed by atoms with van der Waals surface area (Å²) in [5.74, 6) is -0.193. The summed E-state index contributed by atoms with van der Waals surface area (Å²) in [6, 6.07) is 12.2. The van der Waals surface area contributed by atoms with Crippen molar-refractivity contribution in [2.45, 2.75) is 29.1 Å². The van der Waals surface area contributed by atoms with Crippen molar-refractivity contribution >= 4 is 39.1 Å². The molecule has 1 heterocycles. The number of anilines is 1. The summed E-state index contributed by atoms with van der Waals surface area (Å²) < 4.78 is 27.0. The van der Waals surface area contributed by atoms with E-state index in [0.29, 0.717) is 18.8 Å². The number of hydrogen-bond donors (Lipinski definition) is 1. The normalized spacial score (nSPS) is 15.0. The molecule has 0 aromatic heterocycles. The van der Waals surface area contributed by atoms with Crippen LogP contribution in [-0.4, -0.2) is 42.4 Å². The average Bonchev–Trinajstić information content (AvgIpc) is 2.73. The molecule has 2 aromatic rings. The monoisotopic (exact) mass is 435 g/mol. The highest BCUT2D eigenvalue weighted by Crippen LogP contribution is 2.24. The van der Waals surface area contributed by atoms with Crippen LogP contribution in [-0.2, 0) is 14.8 Å². The molecule has 1 fully saturated rings. The fourth-order valence-electron chi connectivity index (χ4n) is 3.00. The number of nitro groups is 1. The van der Waals surface area contributed by atoms with E-state index in [4.69, 9.17) is 0 Å². The minimum absolute atomic E-state index is 0.00877. The van der Waals surface area contributed by atoms with Crippen LogP contribution >= 0.6 is 11.8 Å².